The third-order valence-electron chi connectivity index (χ3n) is 4.28. The zero-order valence-corrected chi connectivity index (χ0v) is 14.7. The summed E-state index contributed by atoms with van der Waals surface area (Å²) in [6.07, 6.45) is 9.37. The summed E-state index contributed by atoms with van der Waals surface area (Å²) >= 11 is 0. The molecule has 3 heterocycles. The summed E-state index contributed by atoms with van der Waals surface area (Å²) in [7, 11) is -0.173. The second-order valence-corrected chi connectivity index (χ2v) is 8.31. The van der Waals surface area contributed by atoms with Gasteiger partial charge >= 0.3 is 0 Å². The van der Waals surface area contributed by atoms with Crippen LogP contribution in [0.2, 0.25) is 0 Å². The molecular weight excluding hydrogens is 328 g/mol. The van der Waals surface area contributed by atoms with Gasteiger partial charge in [-0.1, -0.05) is 0 Å². The zero-order valence-electron chi connectivity index (χ0n) is 13.9. The van der Waals surface area contributed by atoms with Crippen LogP contribution < -0.4 is 0 Å². The fraction of sp³-hybridized carbons (Fsp3) is 0.533. The molecule has 8 nitrogen and oxygen atoms in total. The van der Waals surface area contributed by atoms with E-state index in [9.17, 15) is 8.42 Å². The van der Waals surface area contributed by atoms with Gasteiger partial charge in [0.2, 0.25) is 0 Å². The molecule has 130 valence electrons. The van der Waals surface area contributed by atoms with E-state index in [0.29, 0.717) is 24.8 Å². The molecule has 0 aliphatic carbocycles. The van der Waals surface area contributed by atoms with Gasteiger partial charge in [-0.3, -0.25) is 4.98 Å². The van der Waals surface area contributed by atoms with Crippen LogP contribution in [0.5, 0.6) is 0 Å². The van der Waals surface area contributed by atoms with E-state index in [-0.39, 0.29) is 0 Å². The molecule has 2 aromatic rings. The molecule has 2 aromatic heterocycles. The molecule has 0 unspecified atom stereocenters. The summed E-state index contributed by atoms with van der Waals surface area (Å²) in [5, 5.41) is 0. The number of H-pyrrole nitrogens is 1. The molecule has 1 aliphatic heterocycles. The van der Waals surface area contributed by atoms with E-state index < -0.39 is 10.2 Å². The molecule has 1 saturated heterocycles. The maximum Gasteiger partial charge on any atom is 0.281 e. The van der Waals surface area contributed by atoms with Gasteiger partial charge < -0.3 is 4.98 Å². The molecule has 0 atom stereocenters. The van der Waals surface area contributed by atoms with Gasteiger partial charge in [0, 0.05) is 45.8 Å². The number of aromatic amines is 1. The third-order valence-corrected chi connectivity index (χ3v) is 6.22. The predicted octanol–water partition coefficient (Wildman–Crippen LogP) is 0.928. The van der Waals surface area contributed by atoms with Gasteiger partial charge in [-0.25, -0.2) is 9.97 Å². The molecule has 24 heavy (non-hydrogen) atoms. The minimum atomic E-state index is -3.31. The lowest BCUT2D eigenvalue weighted by molar-refractivity contribution is 0.261. The lowest BCUT2D eigenvalue weighted by Gasteiger charge is -2.32. The molecule has 0 aromatic carbocycles. The highest BCUT2D eigenvalue weighted by molar-refractivity contribution is 7.86. The highest BCUT2D eigenvalue weighted by Crippen LogP contribution is 2.23. The number of aromatic nitrogens is 4. The van der Waals surface area contributed by atoms with Crippen molar-refractivity contribution in [1.82, 2.24) is 28.5 Å². The molecule has 0 radical (unpaired) electrons. The van der Waals surface area contributed by atoms with E-state index in [1.54, 1.807) is 43.2 Å². The number of hydrogen-bond donors (Lipinski definition) is 1. The van der Waals surface area contributed by atoms with Crippen LogP contribution in [0.15, 0.2) is 24.8 Å². The first-order valence-corrected chi connectivity index (χ1v) is 9.35. The standard InChI is InChI=1S/C15H22N6O2S/c1-20(2)24(22,23)21-7-3-12(4-8-21)9-13-10-16-11-14(19-13)15-17-5-6-18-15/h5-6,10-12H,3-4,7-9H2,1-2H3,(H,17,18). The fourth-order valence-electron chi connectivity index (χ4n) is 2.89. The van der Waals surface area contributed by atoms with Crippen molar-refractivity contribution < 1.29 is 8.42 Å². The largest absolute Gasteiger partial charge is 0.343 e. The van der Waals surface area contributed by atoms with Crippen molar-refractivity contribution in [1.29, 1.82) is 0 Å². The van der Waals surface area contributed by atoms with Gasteiger partial charge in [-0.15, -0.1) is 0 Å². The smallest absolute Gasteiger partial charge is 0.281 e. The van der Waals surface area contributed by atoms with Crippen LogP contribution in [-0.2, 0) is 16.6 Å². The maximum atomic E-state index is 12.1. The normalized spacial score (nSPS) is 17.5. The fourth-order valence-corrected chi connectivity index (χ4v) is 4.03. The van der Waals surface area contributed by atoms with Crippen molar-refractivity contribution in [2.45, 2.75) is 19.3 Å². The van der Waals surface area contributed by atoms with Gasteiger partial charge in [0.15, 0.2) is 5.82 Å². The molecule has 0 amide bonds. The topological polar surface area (TPSA) is 95.1 Å². The van der Waals surface area contributed by atoms with Crippen molar-refractivity contribution >= 4 is 10.2 Å². The van der Waals surface area contributed by atoms with Gasteiger partial charge in [-0.2, -0.15) is 17.0 Å². The van der Waals surface area contributed by atoms with Crippen LogP contribution >= 0.6 is 0 Å². The first kappa shape index (κ1) is 17.0. The van der Waals surface area contributed by atoms with E-state index in [0.717, 1.165) is 30.7 Å². The zero-order chi connectivity index (χ0) is 17.2. The predicted molar refractivity (Wildman–Crippen MR) is 90.2 cm³/mol. The monoisotopic (exact) mass is 350 g/mol. The molecular formula is C15H22N6O2S. The summed E-state index contributed by atoms with van der Waals surface area (Å²) in [6.45, 7) is 1.10. The van der Waals surface area contributed by atoms with Gasteiger partial charge in [0.1, 0.15) is 5.69 Å². The van der Waals surface area contributed by atoms with Crippen molar-refractivity contribution in [3.05, 3.63) is 30.5 Å². The van der Waals surface area contributed by atoms with Crippen molar-refractivity contribution in [2.75, 3.05) is 27.2 Å². The average molecular weight is 350 g/mol. The summed E-state index contributed by atoms with van der Waals surface area (Å²) in [4.78, 5) is 16.1. The Labute approximate surface area is 142 Å². The Bertz CT molecular complexity index is 767. The SMILES string of the molecule is CN(C)S(=O)(=O)N1CCC(Cc2cncc(-c3ncc[nH]3)n2)CC1. The molecule has 3 rings (SSSR count). The van der Waals surface area contributed by atoms with E-state index in [2.05, 4.69) is 19.9 Å². The van der Waals surface area contributed by atoms with Crippen molar-refractivity contribution in [2.24, 2.45) is 5.92 Å². The minimum absolute atomic E-state index is 0.416. The quantitative estimate of drug-likeness (QED) is 0.865. The lowest BCUT2D eigenvalue weighted by Crippen LogP contribution is -2.44. The van der Waals surface area contributed by atoms with E-state index >= 15 is 0 Å². The molecule has 0 bridgehead atoms. The van der Waals surface area contributed by atoms with Crippen LogP contribution in [0.4, 0.5) is 0 Å². The lowest BCUT2D eigenvalue weighted by atomic mass is 9.93. The molecule has 1 fully saturated rings. The highest BCUT2D eigenvalue weighted by atomic mass is 32.2. The summed E-state index contributed by atoms with van der Waals surface area (Å²) in [6, 6.07) is 0. The Morgan fingerprint density at radius 1 is 1.29 bits per heavy atom. The Morgan fingerprint density at radius 3 is 2.67 bits per heavy atom. The van der Waals surface area contributed by atoms with Crippen LogP contribution in [0.25, 0.3) is 11.5 Å². The number of imidazole rings is 1. The molecule has 0 saturated carbocycles. The first-order chi connectivity index (χ1) is 11.5. The number of piperidine rings is 1. The summed E-state index contributed by atoms with van der Waals surface area (Å²) in [5.74, 6) is 1.12. The van der Waals surface area contributed by atoms with E-state index in [1.807, 2.05) is 0 Å². The number of nitrogens with zero attached hydrogens (tertiary/aromatic N) is 5. The Hall–Kier alpha value is -1.84. The Kier molecular flexibility index (Phi) is 4.93. The first-order valence-electron chi connectivity index (χ1n) is 7.95. The van der Waals surface area contributed by atoms with Crippen LogP contribution in [0, 0.1) is 5.92 Å². The van der Waals surface area contributed by atoms with E-state index in [1.165, 1.54) is 4.31 Å². The second-order valence-electron chi connectivity index (χ2n) is 6.17. The number of rotatable bonds is 5. The van der Waals surface area contributed by atoms with Crippen molar-refractivity contribution in [3.63, 3.8) is 0 Å². The second kappa shape index (κ2) is 6.96. The summed E-state index contributed by atoms with van der Waals surface area (Å²) in [5.41, 5.74) is 1.64. The van der Waals surface area contributed by atoms with Crippen LogP contribution in [-0.4, -0.2) is 64.1 Å². The van der Waals surface area contributed by atoms with E-state index in [4.69, 9.17) is 0 Å². The molecule has 1 aliphatic rings. The molecule has 0 spiro atoms. The van der Waals surface area contributed by atoms with Crippen molar-refractivity contribution in [3.8, 4) is 11.5 Å². The average Bonchev–Trinajstić information content (AvgIpc) is 3.10. The number of hydrogen-bond acceptors (Lipinski definition) is 5. The number of nitrogens with one attached hydrogen (secondary N) is 1. The molecule has 9 heteroatoms. The van der Waals surface area contributed by atoms with Gasteiger partial charge in [0.05, 0.1) is 11.9 Å². The Morgan fingerprint density at radius 2 is 2.04 bits per heavy atom. The third kappa shape index (κ3) is 3.63. The van der Waals surface area contributed by atoms with Gasteiger partial charge in [0.25, 0.3) is 10.2 Å². The highest BCUT2D eigenvalue weighted by Gasteiger charge is 2.29. The minimum Gasteiger partial charge on any atom is -0.343 e. The van der Waals surface area contributed by atoms with Crippen LogP contribution in [0.1, 0.15) is 18.5 Å². The van der Waals surface area contributed by atoms with Gasteiger partial charge in [-0.05, 0) is 25.2 Å². The molecule has 1 N–H and O–H groups in total. The maximum absolute atomic E-state index is 12.1. The Balaban J connectivity index is 1.62. The van der Waals surface area contributed by atoms with Crippen LogP contribution in [0.3, 0.4) is 0 Å². The summed E-state index contributed by atoms with van der Waals surface area (Å²) < 4.78 is 27.1.